The second-order valence-electron chi connectivity index (χ2n) is 6.62. The Morgan fingerprint density at radius 1 is 1.17 bits per heavy atom. The van der Waals surface area contributed by atoms with Gasteiger partial charge in [-0.05, 0) is 25.7 Å². The van der Waals surface area contributed by atoms with Crippen molar-refractivity contribution in [2.24, 2.45) is 0 Å². The number of thiazole rings is 1. The van der Waals surface area contributed by atoms with Crippen LogP contribution in [-0.2, 0) is 4.74 Å². The van der Waals surface area contributed by atoms with Crippen LogP contribution in [0.1, 0.15) is 35.4 Å². The van der Waals surface area contributed by atoms with E-state index in [2.05, 4.69) is 20.1 Å². The number of nitrogens with zero attached hydrogens (tertiary/aromatic N) is 3. The van der Waals surface area contributed by atoms with E-state index < -0.39 is 0 Å². The van der Waals surface area contributed by atoms with Gasteiger partial charge in [0.25, 0.3) is 5.91 Å². The maximum atomic E-state index is 12.1. The molecule has 0 bridgehead atoms. The summed E-state index contributed by atoms with van der Waals surface area (Å²) in [5.41, 5.74) is 0. The topological polar surface area (TPSA) is 57.7 Å². The predicted molar refractivity (Wildman–Crippen MR) is 90.2 cm³/mol. The van der Waals surface area contributed by atoms with Crippen LogP contribution in [-0.4, -0.2) is 67.3 Å². The van der Waals surface area contributed by atoms with Gasteiger partial charge < -0.3 is 15.0 Å². The lowest BCUT2D eigenvalue weighted by Gasteiger charge is -2.40. The average Bonchev–Trinajstić information content (AvgIpc) is 3.27. The minimum Gasteiger partial charge on any atom is -0.379 e. The molecule has 1 N–H and O–H groups in total. The lowest BCUT2D eigenvalue weighted by Crippen LogP contribution is -2.49. The Kier molecular flexibility index (Phi) is 4.50. The van der Waals surface area contributed by atoms with Crippen molar-refractivity contribution < 1.29 is 9.53 Å². The van der Waals surface area contributed by atoms with Gasteiger partial charge in [0.1, 0.15) is 4.88 Å². The molecule has 0 radical (unpaired) electrons. The quantitative estimate of drug-likeness (QED) is 0.899. The average molecular weight is 336 g/mol. The molecular weight excluding hydrogens is 312 g/mol. The molecule has 0 spiro atoms. The summed E-state index contributed by atoms with van der Waals surface area (Å²) in [5.74, 6) is 0.0412. The van der Waals surface area contributed by atoms with Crippen molar-refractivity contribution in [3.8, 4) is 0 Å². The number of nitrogens with one attached hydrogen (secondary N) is 1. The van der Waals surface area contributed by atoms with Crippen LogP contribution < -0.4 is 10.2 Å². The second-order valence-corrected chi connectivity index (χ2v) is 7.63. The Hall–Kier alpha value is -1.18. The first-order chi connectivity index (χ1) is 11.3. The molecule has 1 aromatic heterocycles. The number of morpholine rings is 1. The van der Waals surface area contributed by atoms with E-state index in [4.69, 9.17) is 4.74 Å². The van der Waals surface area contributed by atoms with Gasteiger partial charge in [0.2, 0.25) is 0 Å². The minimum absolute atomic E-state index is 0.0412. The fourth-order valence-electron chi connectivity index (χ4n) is 3.37. The third kappa shape index (κ3) is 3.67. The minimum atomic E-state index is 0.0412. The number of piperidine rings is 1. The fraction of sp³-hybridized carbons (Fsp3) is 0.750. The summed E-state index contributed by atoms with van der Waals surface area (Å²) in [6.45, 7) is 5.91. The lowest BCUT2D eigenvalue weighted by molar-refractivity contribution is 0.0115. The molecule has 3 heterocycles. The molecule has 126 valence electrons. The molecule has 2 saturated heterocycles. The number of aromatic nitrogens is 1. The van der Waals surface area contributed by atoms with E-state index in [-0.39, 0.29) is 5.91 Å². The van der Waals surface area contributed by atoms with E-state index in [1.165, 1.54) is 24.2 Å². The van der Waals surface area contributed by atoms with Crippen LogP contribution in [0.25, 0.3) is 0 Å². The van der Waals surface area contributed by atoms with Gasteiger partial charge in [-0.15, -0.1) is 0 Å². The Balaban J connectivity index is 1.31. The van der Waals surface area contributed by atoms with Crippen LogP contribution in [0.5, 0.6) is 0 Å². The van der Waals surface area contributed by atoms with Crippen LogP contribution in [0.3, 0.4) is 0 Å². The molecule has 1 amide bonds. The summed E-state index contributed by atoms with van der Waals surface area (Å²) in [7, 11) is 0. The summed E-state index contributed by atoms with van der Waals surface area (Å²) >= 11 is 1.52. The molecule has 0 unspecified atom stereocenters. The van der Waals surface area contributed by atoms with Gasteiger partial charge in [0, 0.05) is 38.3 Å². The van der Waals surface area contributed by atoms with E-state index in [9.17, 15) is 4.79 Å². The highest BCUT2D eigenvalue weighted by Crippen LogP contribution is 2.28. The van der Waals surface area contributed by atoms with Crippen molar-refractivity contribution in [2.45, 2.75) is 37.8 Å². The zero-order valence-electron chi connectivity index (χ0n) is 13.4. The maximum absolute atomic E-state index is 12.1. The number of amides is 1. The van der Waals surface area contributed by atoms with Crippen molar-refractivity contribution in [2.75, 3.05) is 44.3 Å². The second kappa shape index (κ2) is 6.75. The Morgan fingerprint density at radius 3 is 2.61 bits per heavy atom. The number of hydrogen-bond acceptors (Lipinski definition) is 6. The summed E-state index contributed by atoms with van der Waals surface area (Å²) in [6.07, 6.45) is 6.30. The van der Waals surface area contributed by atoms with Gasteiger partial charge in [-0.2, -0.15) is 0 Å². The number of anilines is 1. The molecule has 6 nitrogen and oxygen atoms in total. The SMILES string of the molecule is O=C(NC1CC1)c1cnc(N2CCC(N3CCOCC3)CC2)s1. The Morgan fingerprint density at radius 2 is 1.91 bits per heavy atom. The normalized spacial score (nSPS) is 23.9. The fourth-order valence-corrected chi connectivity index (χ4v) is 4.24. The standard InChI is InChI=1S/C16H24N4O2S/c21-15(18-12-1-2-12)14-11-17-16(23-14)20-5-3-13(4-6-20)19-7-9-22-10-8-19/h11-13H,1-10H2,(H,18,21). The molecule has 7 heteroatoms. The van der Waals surface area contributed by atoms with Crippen molar-refractivity contribution in [1.82, 2.24) is 15.2 Å². The van der Waals surface area contributed by atoms with E-state index in [1.807, 2.05) is 0 Å². The van der Waals surface area contributed by atoms with Crippen molar-refractivity contribution in [3.63, 3.8) is 0 Å². The molecule has 3 aliphatic rings. The molecule has 2 aliphatic heterocycles. The third-order valence-corrected chi connectivity index (χ3v) is 5.98. The van der Waals surface area contributed by atoms with E-state index >= 15 is 0 Å². The first-order valence-electron chi connectivity index (χ1n) is 8.63. The van der Waals surface area contributed by atoms with Crippen molar-refractivity contribution in [3.05, 3.63) is 11.1 Å². The van der Waals surface area contributed by atoms with Crippen molar-refractivity contribution >= 4 is 22.4 Å². The van der Waals surface area contributed by atoms with Crippen molar-refractivity contribution in [1.29, 1.82) is 0 Å². The largest absolute Gasteiger partial charge is 0.379 e. The number of hydrogen-bond donors (Lipinski definition) is 1. The third-order valence-electron chi connectivity index (χ3n) is 4.93. The molecular formula is C16H24N4O2S. The van der Waals surface area contributed by atoms with E-state index in [0.717, 1.165) is 62.2 Å². The first kappa shape index (κ1) is 15.4. The van der Waals surface area contributed by atoms with Gasteiger partial charge in [-0.3, -0.25) is 9.69 Å². The van der Waals surface area contributed by atoms with Crippen LogP contribution in [0, 0.1) is 0 Å². The number of carbonyl (C=O) groups excluding carboxylic acids is 1. The summed E-state index contributed by atoms with van der Waals surface area (Å²) in [4.78, 5) is 22.2. The van der Waals surface area contributed by atoms with E-state index in [1.54, 1.807) is 6.20 Å². The molecule has 0 atom stereocenters. The van der Waals surface area contributed by atoms with Gasteiger partial charge in [-0.1, -0.05) is 11.3 Å². The highest BCUT2D eigenvalue weighted by Gasteiger charge is 2.28. The van der Waals surface area contributed by atoms with Gasteiger partial charge in [-0.25, -0.2) is 4.98 Å². The van der Waals surface area contributed by atoms with E-state index in [0.29, 0.717) is 12.1 Å². The maximum Gasteiger partial charge on any atom is 0.263 e. The zero-order chi connectivity index (χ0) is 15.6. The summed E-state index contributed by atoms with van der Waals surface area (Å²) in [6, 6.07) is 1.07. The molecule has 23 heavy (non-hydrogen) atoms. The highest BCUT2D eigenvalue weighted by molar-refractivity contribution is 7.17. The van der Waals surface area contributed by atoms with Gasteiger partial charge in [0.15, 0.2) is 5.13 Å². The summed E-state index contributed by atoms with van der Waals surface area (Å²) < 4.78 is 5.44. The Labute approximate surface area is 140 Å². The molecule has 0 aromatic carbocycles. The highest BCUT2D eigenvalue weighted by atomic mass is 32.1. The predicted octanol–water partition coefficient (Wildman–Crippen LogP) is 1.34. The smallest absolute Gasteiger partial charge is 0.263 e. The van der Waals surface area contributed by atoms with Crippen LogP contribution in [0.2, 0.25) is 0 Å². The molecule has 1 saturated carbocycles. The number of carbonyl (C=O) groups is 1. The van der Waals surface area contributed by atoms with Crippen LogP contribution in [0.15, 0.2) is 6.20 Å². The Bertz CT molecular complexity index is 546. The zero-order valence-corrected chi connectivity index (χ0v) is 14.2. The van der Waals surface area contributed by atoms with Gasteiger partial charge in [0.05, 0.1) is 19.4 Å². The lowest BCUT2D eigenvalue weighted by atomic mass is 10.0. The van der Waals surface area contributed by atoms with Crippen LogP contribution >= 0.6 is 11.3 Å². The number of rotatable bonds is 4. The molecule has 1 aliphatic carbocycles. The molecule has 1 aromatic rings. The first-order valence-corrected chi connectivity index (χ1v) is 9.45. The number of ether oxygens (including phenoxy) is 1. The molecule has 3 fully saturated rings. The monoisotopic (exact) mass is 336 g/mol. The van der Waals surface area contributed by atoms with Gasteiger partial charge >= 0.3 is 0 Å². The molecule has 4 rings (SSSR count). The summed E-state index contributed by atoms with van der Waals surface area (Å²) in [5, 5.41) is 4.02. The van der Waals surface area contributed by atoms with Crippen LogP contribution in [0.4, 0.5) is 5.13 Å².